The first-order chi connectivity index (χ1) is 10.8. The maximum Gasteiger partial charge on any atom is 0.323 e. The Morgan fingerprint density at radius 3 is 2.48 bits per heavy atom. The average Bonchev–Trinajstić information content (AvgIpc) is 2.49. The fourth-order valence-corrected chi connectivity index (χ4v) is 2.54. The second-order valence-corrected chi connectivity index (χ2v) is 6.11. The molecule has 7 heteroatoms. The number of hydrogen-bond acceptors (Lipinski definition) is 4. The summed E-state index contributed by atoms with van der Waals surface area (Å²) in [6, 6.07) is 2.95. The number of benzene rings is 1. The van der Waals surface area contributed by atoms with Crippen LogP contribution in [-0.2, 0) is 4.79 Å². The molecule has 0 fully saturated rings. The van der Waals surface area contributed by atoms with Gasteiger partial charge in [-0.25, -0.2) is 0 Å². The average molecular weight is 388 g/mol. The van der Waals surface area contributed by atoms with Crippen molar-refractivity contribution < 1.29 is 24.2 Å². The van der Waals surface area contributed by atoms with Crippen molar-refractivity contribution in [3.05, 3.63) is 22.2 Å². The lowest BCUT2D eigenvalue weighted by Crippen LogP contribution is -2.40. The van der Waals surface area contributed by atoms with Gasteiger partial charge in [0.2, 0.25) is 0 Å². The summed E-state index contributed by atoms with van der Waals surface area (Å²) in [6.07, 6.45) is 0.843. The van der Waals surface area contributed by atoms with Crippen LogP contribution in [0.1, 0.15) is 37.6 Å². The number of hydrogen-bond donors (Lipinski definition) is 1. The van der Waals surface area contributed by atoms with Crippen LogP contribution < -0.4 is 9.47 Å². The van der Waals surface area contributed by atoms with Gasteiger partial charge < -0.3 is 19.5 Å². The Hall–Kier alpha value is -1.76. The SMILES string of the molecule is CCCOc1c(Br)cc(C(=O)N(CC(=O)O)C(C)C)cc1OC. The smallest absolute Gasteiger partial charge is 0.323 e. The summed E-state index contributed by atoms with van der Waals surface area (Å²) < 4.78 is 11.5. The van der Waals surface area contributed by atoms with Crippen molar-refractivity contribution >= 4 is 27.8 Å². The molecular formula is C16H22BrNO5. The first-order valence-electron chi connectivity index (χ1n) is 7.34. The number of carboxylic acid groups (broad SMARTS) is 1. The number of aliphatic carboxylic acids is 1. The van der Waals surface area contributed by atoms with Crippen LogP contribution in [0.2, 0.25) is 0 Å². The van der Waals surface area contributed by atoms with E-state index in [1.165, 1.54) is 12.0 Å². The summed E-state index contributed by atoms with van der Waals surface area (Å²) in [5.41, 5.74) is 0.340. The highest BCUT2D eigenvalue weighted by atomic mass is 79.9. The van der Waals surface area contributed by atoms with Crippen molar-refractivity contribution in [3.63, 3.8) is 0 Å². The van der Waals surface area contributed by atoms with Crippen molar-refractivity contribution in [2.24, 2.45) is 0 Å². The van der Waals surface area contributed by atoms with E-state index in [0.717, 1.165) is 6.42 Å². The van der Waals surface area contributed by atoms with Gasteiger partial charge in [0.1, 0.15) is 6.54 Å². The largest absolute Gasteiger partial charge is 0.493 e. The number of carboxylic acids is 1. The third-order valence-corrected chi connectivity index (χ3v) is 3.71. The van der Waals surface area contributed by atoms with Crippen molar-refractivity contribution in [1.29, 1.82) is 0 Å². The summed E-state index contributed by atoms with van der Waals surface area (Å²) >= 11 is 3.38. The molecule has 23 heavy (non-hydrogen) atoms. The van der Waals surface area contributed by atoms with Crippen LogP contribution in [0.3, 0.4) is 0 Å². The first-order valence-corrected chi connectivity index (χ1v) is 8.14. The van der Waals surface area contributed by atoms with Crippen molar-refractivity contribution in [2.45, 2.75) is 33.2 Å². The molecule has 0 aliphatic carbocycles. The van der Waals surface area contributed by atoms with Gasteiger partial charge in [0.05, 0.1) is 18.2 Å². The van der Waals surface area contributed by atoms with Gasteiger partial charge in [0, 0.05) is 11.6 Å². The molecule has 0 saturated heterocycles. The third kappa shape index (κ3) is 5.13. The van der Waals surface area contributed by atoms with Gasteiger partial charge in [-0.3, -0.25) is 9.59 Å². The number of nitrogens with zero attached hydrogens (tertiary/aromatic N) is 1. The minimum absolute atomic E-state index is 0.237. The summed E-state index contributed by atoms with van der Waals surface area (Å²) in [6.45, 7) is 5.70. The van der Waals surface area contributed by atoms with Crippen LogP contribution >= 0.6 is 15.9 Å². The Morgan fingerprint density at radius 2 is 2.00 bits per heavy atom. The van der Waals surface area contributed by atoms with E-state index in [9.17, 15) is 9.59 Å². The molecule has 0 heterocycles. The molecule has 1 rings (SSSR count). The Kier molecular flexibility index (Phi) is 7.35. The molecule has 128 valence electrons. The molecule has 1 N–H and O–H groups in total. The first kappa shape index (κ1) is 19.3. The second-order valence-electron chi connectivity index (χ2n) is 5.26. The molecule has 0 unspecified atom stereocenters. The quantitative estimate of drug-likeness (QED) is 0.740. The monoisotopic (exact) mass is 387 g/mol. The summed E-state index contributed by atoms with van der Waals surface area (Å²) in [5, 5.41) is 8.98. The van der Waals surface area contributed by atoms with E-state index in [1.54, 1.807) is 26.0 Å². The van der Waals surface area contributed by atoms with E-state index in [4.69, 9.17) is 14.6 Å². The lowest BCUT2D eigenvalue weighted by molar-refractivity contribution is -0.138. The number of halogens is 1. The summed E-state index contributed by atoms with van der Waals surface area (Å²) in [7, 11) is 1.49. The van der Waals surface area contributed by atoms with Crippen LogP contribution in [0.15, 0.2) is 16.6 Å². The highest BCUT2D eigenvalue weighted by Crippen LogP contribution is 2.37. The van der Waals surface area contributed by atoms with Crippen LogP contribution in [-0.4, -0.2) is 48.2 Å². The Bertz CT molecular complexity index is 574. The molecule has 0 spiro atoms. The lowest BCUT2D eigenvalue weighted by Gasteiger charge is -2.25. The predicted molar refractivity (Wildman–Crippen MR) is 90.3 cm³/mol. The van der Waals surface area contributed by atoms with E-state index in [2.05, 4.69) is 15.9 Å². The fourth-order valence-electron chi connectivity index (χ4n) is 1.99. The zero-order valence-corrected chi connectivity index (χ0v) is 15.3. The molecule has 1 amide bonds. The van der Waals surface area contributed by atoms with E-state index in [0.29, 0.717) is 28.1 Å². The molecule has 0 aliphatic rings. The standard InChI is InChI=1S/C16H22BrNO5/c1-5-6-23-15-12(17)7-11(8-13(15)22-4)16(21)18(10(2)3)9-14(19)20/h7-8,10H,5-6,9H2,1-4H3,(H,19,20). The molecule has 0 aromatic heterocycles. The highest BCUT2D eigenvalue weighted by Gasteiger charge is 2.23. The van der Waals surface area contributed by atoms with Crippen LogP contribution in [0.25, 0.3) is 0 Å². The van der Waals surface area contributed by atoms with E-state index in [1.807, 2.05) is 6.92 Å². The summed E-state index contributed by atoms with van der Waals surface area (Å²) in [5.74, 6) is -0.472. The van der Waals surface area contributed by atoms with Gasteiger partial charge in [0.25, 0.3) is 5.91 Å². The van der Waals surface area contributed by atoms with Gasteiger partial charge in [-0.15, -0.1) is 0 Å². The number of methoxy groups -OCH3 is 1. The Balaban J connectivity index is 3.18. The van der Waals surface area contributed by atoms with Crippen molar-refractivity contribution in [3.8, 4) is 11.5 Å². The molecule has 0 saturated carbocycles. The third-order valence-electron chi connectivity index (χ3n) is 3.12. The molecule has 0 bridgehead atoms. The minimum Gasteiger partial charge on any atom is -0.493 e. The zero-order valence-electron chi connectivity index (χ0n) is 13.8. The van der Waals surface area contributed by atoms with E-state index >= 15 is 0 Å². The molecule has 0 aliphatic heterocycles. The predicted octanol–water partition coefficient (Wildman–Crippen LogP) is 3.18. The van der Waals surface area contributed by atoms with Gasteiger partial charge in [-0.2, -0.15) is 0 Å². The van der Waals surface area contributed by atoms with E-state index in [-0.39, 0.29) is 18.5 Å². The maximum atomic E-state index is 12.6. The molecular weight excluding hydrogens is 366 g/mol. The number of ether oxygens (including phenoxy) is 2. The van der Waals surface area contributed by atoms with Crippen molar-refractivity contribution in [1.82, 2.24) is 4.90 Å². The molecule has 1 aromatic rings. The lowest BCUT2D eigenvalue weighted by atomic mass is 10.1. The normalized spacial score (nSPS) is 10.5. The van der Waals surface area contributed by atoms with Crippen LogP contribution in [0, 0.1) is 0 Å². The van der Waals surface area contributed by atoms with Gasteiger partial charge in [0.15, 0.2) is 11.5 Å². The molecule has 1 aromatic carbocycles. The zero-order chi connectivity index (χ0) is 17.6. The molecule has 0 atom stereocenters. The van der Waals surface area contributed by atoms with Crippen LogP contribution in [0.5, 0.6) is 11.5 Å². The molecule has 6 nitrogen and oxygen atoms in total. The number of carbonyl (C=O) groups excluding carboxylic acids is 1. The molecule has 0 radical (unpaired) electrons. The van der Waals surface area contributed by atoms with Gasteiger partial charge >= 0.3 is 5.97 Å². The summed E-state index contributed by atoms with van der Waals surface area (Å²) in [4.78, 5) is 24.9. The van der Waals surface area contributed by atoms with Crippen LogP contribution in [0.4, 0.5) is 0 Å². The second kappa shape index (κ2) is 8.76. The number of carbonyl (C=O) groups is 2. The Labute approximate surface area is 144 Å². The number of rotatable bonds is 8. The van der Waals surface area contributed by atoms with Gasteiger partial charge in [-0.1, -0.05) is 6.92 Å². The Morgan fingerprint density at radius 1 is 1.35 bits per heavy atom. The minimum atomic E-state index is -1.05. The van der Waals surface area contributed by atoms with E-state index < -0.39 is 5.97 Å². The highest BCUT2D eigenvalue weighted by molar-refractivity contribution is 9.10. The maximum absolute atomic E-state index is 12.6. The topological polar surface area (TPSA) is 76.1 Å². The fraction of sp³-hybridized carbons (Fsp3) is 0.500. The van der Waals surface area contributed by atoms with Gasteiger partial charge in [-0.05, 0) is 48.3 Å². The van der Waals surface area contributed by atoms with Crippen molar-refractivity contribution in [2.75, 3.05) is 20.3 Å². The number of amides is 1.